The molecule has 0 N–H and O–H groups in total. The molecule has 5 heteroatoms. The van der Waals surface area contributed by atoms with Crippen LogP contribution in [0.25, 0.3) is 10.1 Å². The van der Waals surface area contributed by atoms with Gasteiger partial charge in [0.15, 0.2) is 0 Å². The Balaban J connectivity index is 1.91. The van der Waals surface area contributed by atoms with E-state index in [9.17, 15) is 9.18 Å². The first-order valence-electron chi connectivity index (χ1n) is 5.80. The van der Waals surface area contributed by atoms with Gasteiger partial charge in [-0.3, -0.25) is 4.79 Å². The molecule has 0 bridgehead atoms. The molecule has 3 rings (SSSR count). The standard InChI is InChI=1S/C13H12FNO2S/c14-10-1-2-11-9(7-10)8-12(18-11)13(16)15-3-5-17-6-4-15/h1-2,7-8H,3-6H2. The van der Waals surface area contributed by atoms with Crippen LogP contribution in [0.1, 0.15) is 9.67 Å². The highest BCUT2D eigenvalue weighted by Crippen LogP contribution is 2.27. The van der Waals surface area contributed by atoms with Gasteiger partial charge in [-0.2, -0.15) is 0 Å². The van der Waals surface area contributed by atoms with E-state index in [2.05, 4.69) is 0 Å². The van der Waals surface area contributed by atoms with Crippen molar-refractivity contribution < 1.29 is 13.9 Å². The van der Waals surface area contributed by atoms with Gasteiger partial charge < -0.3 is 9.64 Å². The molecule has 0 aliphatic carbocycles. The Morgan fingerprint density at radius 1 is 1.28 bits per heavy atom. The zero-order chi connectivity index (χ0) is 12.5. The summed E-state index contributed by atoms with van der Waals surface area (Å²) < 4.78 is 19.3. The third-order valence-electron chi connectivity index (χ3n) is 2.99. The summed E-state index contributed by atoms with van der Waals surface area (Å²) in [6.07, 6.45) is 0. The van der Waals surface area contributed by atoms with Crippen LogP contribution in [0.4, 0.5) is 4.39 Å². The van der Waals surface area contributed by atoms with Crippen LogP contribution in [0.3, 0.4) is 0 Å². The molecule has 94 valence electrons. The number of fused-ring (bicyclic) bond motifs is 1. The van der Waals surface area contributed by atoms with Crippen LogP contribution < -0.4 is 0 Å². The first-order chi connectivity index (χ1) is 8.74. The molecule has 1 aromatic carbocycles. The number of hydrogen-bond acceptors (Lipinski definition) is 3. The number of morpholine rings is 1. The Kier molecular flexibility index (Phi) is 3.01. The zero-order valence-corrected chi connectivity index (χ0v) is 10.5. The normalized spacial score (nSPS) is 16.2. The van der Waals surface area contributed by atoms with Crippen molar-refractivity contribution in [1.29, 1.82) is 0 Å². The Bertz CT molecular complexity index is 590. The fraction of sp³-hybridized carbons (Fsp3) is 0.308. The molecule has 2 heterocycles. The molecule has 3 nitrogen and oxygen atoms in total. The topological polar surface area (TPSA) is 29.5 Å². The minimum atomic E-state index is -0.273. The van der Waals surface area contributed by atoms with E-state index in [1.807, 2.05) is 0 Å². The van der Waals surface area contributed by atoms with E-state index >= 15 is 0 Å². The third kappa shape index (κ3) is 2.11. The van der Waals surface area contributed by atoms with Crippen molar-refractivity contribution in [3.05, 3.63) is 35.0 Å². The molecule has 1 aromatic heterocycles. The van der Waals surface area contributed by atoms with Crippen LogP contribution in [0.15, 0.2) is 24.3 Å². The van der Waals surface area contributed by atoms with Crippen molar-refractivity contribution in [1.82, 2.24) is 4.90 Å². The Morgan fingerprint density at radius 3 is 2.83 bits per heavy atom. The van der Waals surface area contributed by atoms with Crippen LogP contribution in [-0.2, 0) is 4.74 Å². The van der Waals surface area contributed by atoms with Gasteiger partial charge in [-0.25, -0.2) is 4.39 Å². The average molecular weight is 265 g/mol. The van der Waals surface area contributed by atoms with Gasteiger partial charge in [-0.1, -0.05) is 0 Å². The van der Waals surface area contributed by atoms with Crippen molar-refractivity contribution in [3.8, 4) is 0 Å². The van der Waals surface area contributed by atoms with Crippen molar-refractivity contribution >= 4 is 27.3 Å². The molecule has 1 amide bonds. The molecule has 0 atom stereocenters. The molecule has 1 aliphatic heterocycles. The number of rotatable bonds is 1. The second-order valence-corrected chi connectivity index (χ2v) is 5.28. The quantitative estimate of drug-likeness (QED) is 0.793. The minimum Gasteiger partial charge on any atom is -0.378 e. The van der Waals surface area contributed by atoms with E-state index in [0.29, 0.717) is 31.2 Å². The van der Waals surface area contributed by atoms with Gasteiger partial charge in [-0.15, -0.1) is 11.3 Å². The average Bonchev–Trinajstić information content (AvgIpc) is 2.81. The Morgan fingerprint density at radius 2 is 2.06 bits per heavy atom. The van der Waals surface area contributed by atoms with Crippen LogP contribution >= 0.6 is 11.3 Å². The monoisotopic (exact) mass is 265 g/mol. The third-order valence-corrected chi connectivity index (χ3v) is 4.09. The highest BCUT2D eigenvalue weighted by molar-refractivity contribution is 7.20. The second kappa shape index (κ2) is 4.66. The summed E-state index contributed by atoms with van der Waals surface area (Å²) in [5, 5.41) is 0.789. The van der Waals surface area contributed by atoms with E-state index in [1.165, 1.54) is 23.5 Å². The number of ether oxygens (including phenoxy) is 1. The fourth-order valence-electron chi connectivity index (χ4n) is 2.04. The van der Waals surface area contributed by atoms with Gasteiger partial charge in [0.05, 0.1) is 18.1 Å². The number of nitrogens with zero attached hydrogens (tertiary/aromatic N) is 1. The molecule has 1 saturated heterocycles. The number of hydrogen-bond donors (Lipinski definition) is 0. The lowest BCUT2D eigenvalue weighted by Crippen LogP contribution is -2.40. The summed E-state index contributed by atoms with van der Waals surface area (Å²) in [4.78, 5) is 14.7. The van der Waals surface area contributed by atoms with Gasteiger partial charge in [0, 0.05) is 17.8 Å². The number of amides is 1. The molecule has 2 aromatic rings. The van der Waals surface area contributed by atoms with E-state index in [-0.39, 0.29) is 11.7 Å². The molecule has 1 aliphatic rings. The summed E-state index contributed by atoms with van der Waals surface area (Å²) >= 11 is 1.41. The lowest BCUT2D eigenvalue weighted by atomic mass is 10.2. The summed E-state index contributed by atoms with van der Waals surface area (Å²) in [5.41, 5.74) is 0. The lowest BCUT2D eigenvalue weighted by molar-refractivity contribution is 0.0306. The summed E-state index contributed by atoms with van der Waals surface area (Å²) in [7, 11) is 0. The molecule has 0 radical (unpaired) electrons. The number of carbonyl (C=O) groups excluding carboxylic acids is 1. The number of thiophene rings is 1. The SMILES string of the molecule is O=C(c1cc2cc(F)ccc2s1)N1CCOCC1. The summed E-state index contributed by atoms with van der Waals surface area (Å²) in [6, 6.07) is 6.36. The number of benzene rings is 1. The van der Waals surface area contributed by atoms with Gasteiger partial charge >= 0.3 is 0 Å². The molecular weight excluding hydrogens is 253 g/mol. The summed E-state index contributed by atoms with van der Waals surface area (Å²) in [6.45, 7) is 2.43. The van der Waals surface area contributed by atoms with Gasteiger partial charge in [0.25, 0.3) is 5.91 Å². The zero-order valence-electron chi connectivity index (χ0n) is 9.69. The van der Waals surface area contributed by atoms with Crippen LogP contribution in [0.2, 0.25) is 0 Å². The van der Waals surface area contributed by atoms with Crippen LogP contribution in [0, 0.1) is 5.82 Å². The fourth-order valence-corrected chi connectivity index (χ4v) is 3.05. The smallest absolute Gasteiger partial charge is 0.264 e. The van der Waals surface area contributed by atoms with E-state index in [4.69, 9.17) is 4.74 Å². The number of carbonyl (C=O) groups is 1. The van der Waals surface area contributed by atoms with Gasteiger partial charge in [0.2, 0.25) is 0 Å². The predicted octanol–water partition coefficient (Wildman–Crippen LogP) is 2.51. The van der Waals surface area contributed by atoms with Crippen molar-refractivity contribution in [2.75, 3.05) is 26.3 Å². The molecular formula is C13H12FNO2S. The highest BCUT2D eigenvalue weighted by Gasteiger charge is 2.20. The van der Waals surface area contributed by atoms with Crippen molar-refractivity contribution in [2.45, 2.75) is 0 Å². The highest BCUT2D eigenvalue weighted by atomic mass is 32.1. The van der Waals surface area contributed by atoms with E-state index < -0.39 is 0 Å². The van der Waals surface area contributed by atoms with Gasteiger partial charge in [-0.05, 0) is 29.7 Å². The maximum atomic E-state index is 13.1. The van der Waals surface area contributed by atoms with E-state index in [0.717, 1.165) is 10.1 Å². The Hall–Kier alpha value is -1.46. The largest absolute Gasteiger partial charge is 0.378 e. The van der Waals surface area contributed by atoms with Crippen molar-refractivity contribution in [2.24, 2.45) is 0 Å². The molecule has 1 fully saturated rings. The maximum Gasteiger partial charge on any atom is 0.264 e. The molecule has 18 heavy (non-hydrogen) atoms. The van der Waals surface area contributed by atoms with Crippen molar-refractivity contribution in [3.63, 3.8) is 0 Å². The first-order valence-corrected chi connectivity index (χ1v) is 6.62. The van der Waals surface area contributed by atoms with Crippen LogP contribution in [-0.4, -0.2) is 37.1 Å². The Labute approximate surface area is 108 Å². The minimum absolute atomic E-state index is 0.0138. The molecule has 0 unspecified atom stereocenters. The predicted molar refractivity (Wildman–Crippen MR) is 68.5 cm³/mol. The maximum absolute atomic E-state index is 13.1. The van der Waals surface area contributed by atoms with E-state index in [1.54, 1.807) is 17.0 Å². The number of halogens is 1. The molecule has 0 saturated carbocycles. The van der Waals surface area contributed by atoms with Gasteiger partial charge in [0.1, 0.15) is 5.82 Å². The first kappa shape index (κ1) is 11.6. The second-order valence-electron chi connectivity index (χ2n) is 4.20. The summed E-state index contributed by atoms with van der Waals surface area (Å²) in [5.74, 6) is -0.259. The van der Waals surface area contributed by atoms with Crippen LogP contribution in [0.5, 0.6) is 0 Å². The lowest BCUT2D eigenvalue weighted by Gasteiger charge is -2.26. The molecule has 0 spiro atoms.